The van der Waals surface area contributed by atoms with Crippen molar-refractivity contribution in [1.82, 2.24) is 5.32 Å². The van der Waals surface area contributed by atoms with Gasteiger partial charge in [-0.1, -0.05) is 41.1 Å². The quantitative estimate of drug-likeness (QED) is 0.889. The maximum Gasteiger partial charge on any atom is 0.0638 e. The van der Waals surface area contributed by atoms with E-state index in [0.717, 1.165) is 17.4 Å². The average Bonchev–Trinajstić information content (AvgIpc) is 2.26. The molecule has 0 fully saturated rings. The Labute approximate surface area is 99.4 Å². The summed E-state index contributed by atoms with van der Waals surface area (Å²) in [7, 11) is 0. The summed E-state index contributed by atoms with van der Waals surface area (Å²) in [6, 6.07) is 10.6. The van der Waals surface area contributed by atoms with Crippen molar-refractivity contribution in [3.63, 3.8) is 0 Å². The molecule has 0 amide bonds. The first-order chi connectivity index (χ1) is 7.27. The Morgan fingerprint density at radius 3 is 2.80 bits per heavy atom. The van der Waals surface area contributed by atoms with Crippen molar-refractivity contribution < 1.29 is 0 Å². The van der Waals surface area contributed by atoms with E-state index in [1.54, 1.807) is 0 Å². The summed E-state index contributed by atoms with van der Waals surface area (Å²) >= 11 is 3.50. The molecule has 1 unspecified atom stereocenters. The van der Waals surface area contributed by atoms with Crippen LogP contribution in [0.3, 0.4) is 0 Å². The lowest BCUT2D eigenvalue weighted by Crippen LogP contribution is -2.27. The molecule has 2 nitrogen and oxygen atoms in total. The zero-order valence-corrected chi connectivity index (χ0v) is 10.4. The smallest absolute Gasteiger partial charge is 0.0638 e. The van der Waals surface area contributed by atoms with Crippen molar-refractivity contribution in [1.29, 1.82) is 5.26 Å². The second kappa shape index (κ2) is 6.60. The topological polar surface area (TPSA) is 35.8 Å². The molecule has 80 valence electrons. The van der Waals surface area contributed by atoms with Gasteiger partial charge >= 0.3 is 0 Å². The largest absolute Gasteiger partial charge is 0.309 e. The first-order valence-corrected chi connectivity index (χ1v) is 5.91. The number of hydrogen-bond acceptors (Lipinski definition) is 2. The van der Waals surface area contributed by atoms with Crippen LogP contribution in [0.25, 0.3) is 0 Å². The third-order valence-electron chi connectivity index (χ3n) is 2.37. The van der Waals surface area contributed by atoms with Crippen molar-refractivity contribution in [2.24, 2.45) is 0 Å². The minimum absolute atomic E-state index is 0.294. The lowest BCUT2D eigenvalue weighted by atomic mass is 10.1. The number of nitrogens with zero attached hydrogens (tertiary/aromatic N) is 1. The second-order valence-corrected chi connectivity index (χ2v) is 4.29. The molecule has 1 aromatic carbocycles. The lowest BCUT2D eigenvalue weighted by Gasteiger charge is -2.14. The van der Waals surface area contributed by atoms with Crippen LogP contribution in [0, 0.1) is 11.3 Å². The van der Waals surface area contributed by atoms with E-state index in [-0.39, 0.29) is 0 Å². The molecule has 1 rings (SSSR count). The highest BCUT2D eigenvalue weighted by molar-refractivity contribution is 9.10. The monoisotopic (exact) mass is 266 g/mol. The van der Waals surface area contributed by atoms with Gasteiger partial charge in [0, 0.05) is 17.1 Å². The van der Waals surface area contributed by atoms with Crippen LogP contribution in [0.15, 0.2) is 28.7 Å². The van der Waals surface area contributed by atoms with Crippen LogP contribution >= 0.6 is 15.9 Å². The Hall–Kier alpha value is -0.850. The van der Waals surface area contributed by atoms with E-state index >= 15 is 0 Å². The van der Waals surface area contributed by atoms with Gasteiger partial charge < -0.3 is 5.32 Å². The minimum atomic E-state index is 0.294. The van der Waals surface area contributed by atoms with Gasteiger partial charge in [-0.15, -0.1) is 0 Å². The van der Waals surface area contributed by atoms with Gasteiger partial charge in [0.25, 0.3) is 0 Å². The molecule has 1 atom stereocenters. The SMILES string of the molecule is CCC(CC#N)NCc1ccccc1Br. The Morgan fingerprint density at radius 2 is 2.20 bits per heavy atom. The Morgan fingerprint density at radius 1 is 1.47 bits per heavy atom. The van der Waals surface area contributed by atoms with E-state index in [9.17, 15) is 0 Å². The molecule has 3 heteroatoms. The fourth-order valence-electron chi connectivity index (χ4n) is 1.37. The van der Waals surface area contributed by atoms with E-state index in [2.05, 4.69) is 40.3 Å². The maximum atomic E-state index is 8.62. The molecule has 0 saturated heterocycles. The molecule has 0 saturated carbocycles. The molecule has 0 heterocycles. The molecular formula is C12H15BrN2. The number of nitriles is 1. The van der Waals surface area contributed by atoms with E-state index in [1.807, 2.05) is 18.2 Å². The average molecular weight is 267 g/mol. The third-order valence-corrected chi connectivity index (χ3v) is 3.14. The summed E-state index contributed by atoms with van der Waals surface area (Å²) < 4.78 is 1.12. The molecule has 1 N–H and O–H groups in total. The van der Waals surface area contributed by atoms with Gasteiger partial charge in [-0.25, -0.2) is 0 Å². The summed E-state index contributed by atoms with van der Waals surface area (Å²) in [6.45, 7) is 2.90. The number of rotatable bonds is 5. The zero-order chi connectivity index (χ0) is 11.1. The molecule has 0 aliphatic rings. The van der Waals surface area contributed by atoms with E-state index in [4.69, 9.17) is 5.26 Å². The van der Waals surface area contributed by atoms with Crippen LogP contribution in [0.5, 0.6) is 0 Å². The molecule has 0 aromatic heterocycles. The van der Waals surface area contributed by atoms with Crippen molar-refractivity contribution >= 4 is 15.9 Å². The van der Waals surface area contributed by atoms with Gasteiger partial charge in [0.05, 0.1) is 12.5 Å². The highest BCUT2D eigenvalue weighted by atomic mass is 79.9. The predicted molar refractivity (Wildman–Crippen MR) is 65.3 cm³/mol. The predicted octanol–water partition coefficient (Wildman–Crippen LogP) is 3.23. The van der Waals surface area contributed by atoms with Gasteiger partial charge in [-0.05, 0) is 18.1 Å². The molecular weight excluding hydrogens is 252 g/mol. The Bertz CT molecular complexity index is 344. The normalized spacial score (nSPS) is 12.1. The highest BCUT2D eigenvalue weighted by Crippen LogP contribution is 2.15. The van der Waals surface area contributed by atoms with Gasteiger partial charge in [0.2, 0.25) is 0 Å². The van der Waals surface area contributed by atoms with Crippen LogP contribution < -0.4 is 5.32 Å². The molecule has 0 bridgehead atoms. The molecule has 15 heavy (non-hydrogen) atoms. The molecule has 0 spiro atoms. The van der Waals surface area contributed by atoms with Crippen molar-refractivity contribution in [3.8, 4) is 6.07 Å². The number of hydrogen-bond donors (Lipinski definition) is 1. The van der Waals surface area contributed by atoms with E-state index < -0.39 is 0 Å². The molecule has 1 aromatic rings. The highest BCUT2D eigenvalue weighted by Gasteiger charge is 2.05. The minimum Gasteiger partial charge on any atom is -0.309 e. The van der Waals surface area contributed by atoms with Gasteiger partial charge in [-0.3, -0.25) is 0 Å². The van der Waals surface area contributed by atoms with Crippen molar-refractivity contribution in [3.05, 3.63) is 34.3 Å². The van der Waals surface area contributed by atoms with Gasteiger partial charge in [0.1, 0.15) is 0 Å². The van der Waals surface area contributed by atoms with Crippen LogP contribution in [0.4, 0.5) is 0 Å². The van der Waals surface area contributed by atoms with Crippen LogP contribution in [-0.4, -0.2) is 6.04 Å². The van der Waals surface area contributed by atoms with E-state index in [1.165, 1.54) is 5.56 Å². The summed E-state index contributed by atoms with van der Waals surface area (Å²) in [5.41, 5.74) is 1.23. The third kappa shape index (κ3) is 4.03. The Kier molecular flexibility index (Phi) is 5.38. The Balaban J connectivity index is 2.49. The van der Waals surface area contributed by atoms with Gasteiger partial charge in [0.15, 0.2) is 0 Å². The summed E-state index contributed by atoms with van der Waals surface area (Å²) in [4.78, 5) is 0. The lowest BCUT2D eigenvalue weighted by molar-refractivity contribution is 0.504. The summed E-state index contributed by atoms with van der Waals surface area (Å²) in [5.74, 6) is 0. The van der Waals surface area contributed by atoms with Crippen LogP contribution in [0.1, 0.15) is 25.3 Å². The van der Waals surface area contributed by atoms with Crippen LogP contribution in [-0.2, 0) is 6.54 Å². The maximum absolute atomic E-state index is 8.62. The van der Waals surface area contributed by atoms with Crippen molar-refractivity contribution in [2.75, 3.05) is 0 Å². The first-order valence-electron chi connectivity index (χ1n) is 5.11. The summed E-state index contributed by atoms with van der Waals surface area (Å²) in [6.07, 6.45) is 1.55. The first kappa shape index (κ1) is 12.2. The molecule has 0 radical (unpaired) electrons. The van der Waals surface area contributed by atoms with Crippen molar-refractivity contribution in [2.45, 2.75) is 32.4 Å². The summed E-state index contributed by atoms with van der Waals surface area (Å²) in [5, 5.41) is 12.0. The molecule has 0 aliphatic heterocycles. The number of nitrogens with one attached hydrogen (secondary N) is 1. The fourth-order valence-corrected chi connectivity index (χ4v) is 1.79. The molecule has 0 aliphatic carbocycles. The number of halogens is 1. The fraction of sp³-hybridized carbons (Fsp3) is 0.417. The van der Waals surface area contributed by atoms with Gasteiger partial charge in [-0.2, -0.15) is 5.26 Å². The standard InChI is InChI=1S/C12H15BrN2/c1-2-11(7-8-14)15-9-10-5-3-4-6-12(10)13/h3-6,11,15H,2,7,9H2,1H3. The number of benzene rings is 1. The zero-order valence-electron chi connectivity index (χ0n) is 8.83. The van der Waals surface area contributed by atoms with E-state index in [0.29, 0.717) is 12.5 Å². The van der Waals surface area contributed by atoms with Crippen LogP contribution in [0.2, 0.25) is 0 Å². The second-order valence-electron chi connectivity index (χ2n) is 3.44.